The van der Waals surface area contributed by atoms with Gasteiger partial charge in [0.2, 0.25) is 5.91 Å². The zero-order chi connectivity index (χ0) is 14.3. The van der Waals surface area contributed by atoms with Gasteiger partial charge in [-0.2, -0.15) is 0 Å². The molecule has 0 aromatic rings. The van der Waals surface area contributed by atoms with E-state index >= 15 is 0 Å². The van der Waals surface area contributed by atoms with Gasteiger partial charge in [0.25, 0.3) is 0 Å². The van der Waals surface area contributed by atoms with Crippen molar-refractivity contribution < 1.29 is 19.5 Å². The molecule has 0 bridgehead atoms. The van der Waals surface area contributed by atoms with Gasteiger partial charge in [-0.25, -0.2) is 0 Å². The Labute approximate surface area is 108 Å². The van der Waals surface area contributed by atoms with E-state index in [-0.39, 0.29) is 36.5 Å². The molecule has 0 heterocycles. The number of nitrogens with one attached hydrogen (secondary N) is 1. The number of carbonyl (C=O) groups is 3. The van der Waals surface area contributed by atoms with E-state index in [1.54, 1.807) is 13.8 Å². The van der Waals surface area contributed by atoms with Crippen molar-refractivity contribution in [1.82, 2.24) is 5.32 Å². The van der Waals surface area contributed by atoms with Gasteiger partial charge in [0, 0.05) is 25.3 Å². The Bertz CT molecular complexity index is 310. The molecule has 0 saturated heterocycles. The zero-order valence-electron chi connectivity index (χ0n) is 11.5. The first-order valence-corrected chi connectivity index (χ1v) is 6.27. The summed E-state index contributed by atoms with van der Waals surface area (Å²) < 4.78 is 0. The van der Waals surface area contributed by atoms with Crippen molar-refractivity contribution in [3.05, 3.63) is 0 Å². The molecule has 104 valence electrons. The van der Waals surface area contributed by atoms with Crippen LogP contribution >= 0.6 is 0 Å². The molecule has 0 fully saturated rings. The van der Waals surface area contributed by atoms with Gasteiger partial charge >= 0.3 is 5.97 Å². The number of carboxylic acids is 1. The Hall–Kier alpha value is -1.39. The molecule has 0 rings (SSSR count). The molecule has 5 nitrogen and oxygen atoms in total. The van der Waals surface area contributed by atoms with E-state index in [4.69, 9.17) is 5.11 Å². The molecule has 0 spiro atoms. The summed E-state index contributed by atoms with van der Waals surface area (Å²) in [6.07, 6.45) is 0.256. The van der Waals surface area contributed by atoms with Crippen LogP contribution in [0.2, 0.25) is 0 Å². The number of Topliss-reactive ketones (excluding diaryl/α,β-unsaturated/α-hetero) is 1. The molecule has 1 amide bonds. The van der Waals surface area contributed by atoms with Crippen LogP contribution < -0.4 is 5.32 Å². The lowest BCUT2D eigenvalue weighted by Crippen LogP contribution is -2.32. The maximum Gasteiger partial charge on any atom is 0.307 e. The van der Waals surface area contributed by atoms with E-state index in [9.17, 15) is 14.4 Å². The Morgan fingerprint density at radius 2 is 1.67 bits per heavy atom. The van der Waals surface area contributed by atoms with E-state index in [2.05, 4.69) is 5.32 Å². The highest BCUT2D eigenvalue weighted by atomic mass is 16.4. The van der Waals surface area contributed by atoms with Crippen molar-refractivity contribution in [2.24, 2.45) is 17.8 Å². The van der Waals surface area contributed by atoms with Crippen LogP contribution in [0.3, 0.4) is 0 Å². The normalized spacial score (nSPS) is 12.6. The molecule has 18 heavy (non-hydrogen) atoms. The lowest BCUT2D eigenvalue weighted by molar-refractivity contribution is -0.145. The summed E-state index contributed by atoms with van der Waals surface area (Å²) in [5.41, 5.74) is 0. The molecule has 0 aliphatic heterocycles. The minimum absolute atomic E-state index is 0.0377. The third kappa shape index (κ3) is 6.37. The van der Waals surface area contributed by atoms with E-state index in [1.165, 1.54) is 0 Å². The molecule has 1 atom stereocenters. The number of hydrogen-bond donors (Lipinski definition) is 2. The molecule has 0 aromatic heterocycles. The monoisotopic (exact) mass is 257 g/mol. The van der Waals surface area contributed by atoms with Gasteiger partial charge in [0.1, 0.15) is 5.78 Å². The smallest absolute Gasteiger partial charge is 0.307 e. The van der Waals surface area contributed by atoms with E-state index in [1.807, 2.05) is 13.8 Å². The van der Waals surface area contributed by atoms with Crippen molar-refractivity contribution >= 4 is 17.7 Å². The summed E-state index contributed by atoms with van der Waals surface area (Å²) in [5, 5.41) is 11.5. The number of aliphatic carboxylic acids is 1. The van der Waals surface area contributed by atoms with Gasteiger partial charge in [-0.3, -0.25) is 14.4 Å². The number of hydrogen-bond acceptors (Lipinski definition) is 3. The third-order valence-electron chi connectivity index (χ3n) is 2.86. The molecule has 0 aromatic carbocycles. The van der Waals surface area contributed by atoms with Crippen molar-refractivity contribution in [3.63, 3.8) is 0 Å². The lowest BCUT2D eigenvalue weighted by Gasteiger charge is -2.15. The Morgan fingerprint density at radius 3 is 2.06 bits per heavy atom. The van der Waals surface area contributed by atoms with Crippen molar-refractivity contribution in [1.29, 1.82) is 0 Å². The van der Waals surface area contributed by atoms with E-state index < -0.39 is 11.9 Å². The van der Waals surface area contributed by atoms with Crippen LogP contribution in [0.1, 0.15) is 40.5 Å². The Morgan fingerprint density at radius 1 is 1.11 bits per heavy atom. The quantitative estimate of drug-likeness (QED) is 0.689. The van der Waals surface area contributed by atoms with Gasteiger partial charge in [0.05, 0.1) is 5.92 Å². The maximum atomic E-state index is 11.5. The minimum atomic E-state index is -0.960. The largest absolute Gasteiger partial charge is 0.481 e. The topological polar surface area (TPSA) is 83.5 Å². The fraction of sp³-hybridized carbons (Fsp3) is 0.769. The van der Waals surface area contributed by atoms with Gasteiger partial charge in [-0.1, -0.05) is 27.7 Å². The molecule has 0 radical (unpaired) electrons. The fourth-order valence-corrected chi connectivity index (χ4v) is 1.49. The molecular formula is C13H23NO4. The minimum Gasteiger partial charge on any atom is -0.481 e. The predicted octanol–water partition coefficient (Wildman–Crippen LogP) is 1.46. The second kappa shape index (κ2) is 7.84. The van der Waals surface area contributed by atoms with Crippen LogP contribution in [-0.4, -0.2) is 29.3 Å². The predicted molar refractivity (Wildman–Crippen MR) is 68.1 cm³/mol. The summed E-state index contributed by atoms with van der Waals surface area (Å²) in [7, 11) is 0. The SMILES string of the molecule is CC(C)C(=O)CCNC(=O)CC(C(=O)O)C(C)C. The number of rotatable bonds is 8. The number of carbonyl (C=O) groups excluding carboxylic acids is 2. The van der Waals surface area contributed by atoms with Crippen LogP contribution in [0.4, 0.5) is 0 Å². The molecule has 5 heteroatoms. The molecule has 2 N–H and O–H groups in total. The lowest BCUT2D eigenvalue weighted by atomic mass is 9.92. The van der Waals surface area contributed by atoms with Gasteiger partial charge in [-0.05, 0) is 5.92 Å². The standard InChI is InChI=1S/C13H23NO4/c1-8(2)10(13(17)18)7-12(16)14-6-5-11(15)9(3)4/h8-10H,5-7H2,1-4H3,(H,14,16)(H,17,18). The molecule has 0 aliphatic carbocycles. The number of carboxylic acid groups (broad SMARTS) is 1. The van der Waals surface area contributed by atoms with Crippen LogP contribution in [-0.2, 0) is 14.4 Å². The van der Waals surface area contributed by atoms with E-state index in [0.29, 0.717) is 6.42 Å². The maximum absolute atomic E-state index is 11.5. The van der Waals surface area contributed by atoms with Crippen molar-refractivity contribution in [2.45, 2.75) is 40.5 Å². The molecule has 0 aliphatic rings. The van der Waals surface area contributed by atoms with Crippen LogP contribution in [0, 0.1) is 17.8 Å². The Kier molecular flexibility index (Phi) is 7.24. The first-order chi connectivity index (χ1) is 8.25. The summed E-state index contributed by atoms with van der Waals surface area (Å²) in [4.78, 5) is 33.8. The van der Waals surface area contributed by atoms with Gasteiger partial charge < -0.3 is 10.4 Å². The number of amides is 1. The van der Waals surface area contributed by atoms with Crippen LogP contribution in [0.25, 0.3) is 0 Å². The van der Waals surface area contributed by atoms with Crippen molar-refractivity contribution in [2.75, 3.05) is 6.54 Å². The highest BCUT2D eigenvalue weighted by Gasteiger charge is 2.24. The highest BCUT2D eigenvalue weighted by Crippen LogP contribution is 2.15. The molecule has 1 unspecified atom stereocenters. The van der Waals surface area contributed by atoms with Gasteiger partial charge in [0.15, 0.2) is 0 Å². The first kappa shape index (κ1) is 16.6. The van der Waals surface area contributed by atoms with Crippen LogP contribution in [0.15, 0.2) is 0 Å². The highest BCUT2D eigenvalue weighted by molar-refractivity contribution is 5.84. The summed E-state index contributed by atoms with van der Waals surface area (Å²) in [5.74, 6) is -1.99. The average molecular weight is 257 g/mol. The molecule has 0 saturated carbocycles. The van der Waals surface area contributed by atoms with Crippen molar-refractivity contribution in [3.8, 4) is 0 Å². The third-order valence-corrected chi connectivity index (χ3v) is 2.86. The second-order valence-electron chi connectivity index (χ2n) is 5.11. The van der Waals surface area contributed by atoms with Gasteiger partial charge in [-0.15, -0.1) is 0 Å². The summed E-state index contributed by atoms with van der Waals surface area (Å²) in [6.45, 7) is 7.44. The second-order valence-corrected chi connectivity index (χ2v) is 5.11. The van der Waals surface area contributed by atoms with E-state index in [0.717, 1.165) is 0 Å². The Balaban J connectivity index is 4.04. The fourth-order valence-electron chi connectivity index (χ4n) is 1.49. The molecular weight excluding hydrogens is 234 g/mol. The number of ketones is 1. The first-order valence-electron chi connectivity index (χ1n) is 6.27. The summed E-state index contributed by atoms with van der Waals surface area (Å²) in [6, 6.07) is 0. The average Bonchev–Trinajstić information content (AvgIpc) is 2.24. The van der Waals surface area contributed by atoms with Crippen LogP contribution in [0.5, 0.6) is 0 Å². The zero-order valence-corrected chi connectivity index (χ0v) is 11.5. The summed E-state index contributed by atoms with van der Waals surface area (Å²) >= 11 is 0.